The Morgan fingerprint density at radius 1 is 1.21 bits per heavy atom. The molecule has 0 amide bonds. The molecule has 0 N–H and O–H groups in total. The van der Waals surface area contributed by atoms with Crippen LogP contribution in [0.2, 0.25) is 0 Å². The predicted octanol–water partition coefficient (Wildman–Crippen LogP) is 1.87. The van der Waals surface area contributed by atoms with Crippen molar-refractivity contribution in [3.05, 3.63) is 35.2 Å². The van der Waals surface area contributed by atoms with Crippen molar-refractivity contribution in [3.8, 4) is 11.5 Å². The van der Waals surface area contributed by atoms with Crippen LogP contribution >= 0.6 is 0 Å². The fourth-order valence-electron chi connectivity index (χ4n) is 2.51. The van der Waals surface area contributed by atoms with E-state index < -0.39 is 10.0 Å². The zero-order valence-corrected chi connectivity index (χ0v) is 15.6. The van der Waals surface area contributed by atoms with E-state index in [1.165, 1.54) is 24.6 Å². The largest absolute Gasteiger partial charge is 0.497 e. The van der Waals surface area contributed by atoms with Crippen molar-refractivity contribution in [1.29, 1.82) is 0 Å². The van der Waals surface area contributed by atoms with Gasteiger partial charge in [-0.3, -0.25) is 4.68 Å². The molecule has 0 aliphatic heterocycles. The highest BCUT2D eigenvalue weighted by Crippen LogP contribution is 2.31. The summed E-state index contributed by atoms with van der Waals surface area (Å²) in [5.74, 6) is 0.785. The molecule has 0 aliphatic rings. The van der Waals surface area contributed by atoms with Crippen LogP contribution in [-0.4, -0.2) is 43.8 Å². The average molecular weight is 353 g/mol. The van der Waals surface area contributed by atoms with Gasteiger partial charge in [0.2, 0.25) is 10.0 Å². The Kier molecular flexibility index (Phi) is 5.19. The topological polar surface area (TPSA) is 73.7 Å². The van der Waals surface area contributed by atoms with Crippen LogP contribution in [0, 0.1) is 13.8 Å². The van der Waals surface area contributed by atoms with Gasteiger partial charge in [-0.1, -0.05) is 0 Å². The summed E-state index contributed by atoms with van der Waals surface area (Å²) in [6.45, 7) is 4.03. The number of aryl methyl sites for hydroxylation is 2. The van der Waals surface area contributed by atoms with Crippen LogP contribution in [0.25, 0.3) is 0 Å². The molecule has 2 rings (SSSR count). The first-order chi connectivity index (χ1) is 11.2. The average Bonchev–Trinajstić information content (AvgIpc) is 2.80. The van der Waals surface area contributed by atoms with Gasteiger partial charge < -0.3 is 9.47 Å². The highest BCUT2D eigenvalue weighted by atomic mass is 32.2. The summed E-state index contributed by atoms with van der Waals surface area (Å²) in [7, 11) is 2.62. The predicted molar refractivity (Wildman–Crippen MR) is 90.9 cm³/mol. The number of methoxy groups -OCH3 is 2. The summed E-state index contributed by atoms with van der Waals surface area (Å²) < 4.78 is 39.2. The first kappa shape index (κ1) is 18.3. The van der Waals surface area contributed by atoms with Crippen molar-refractivity contribution in [2.75, 3.05) is 21.3 Å². The van der Waals surface area contributed by atoms with Gasteiger partial charge in [-0.2, -0.15) is 9.40 Å². The monoisotopic (exact) mass is 353 g/mol. The molecule has 2 aromatic rings. The molecule has 0 atom stereocenters. The van der Waals surface area contributed by atoms with Crippen LogP contribution < -0.4 is 9.47 Å². The van der Waals surface area contributed by atoms with Crippen molar-refractivity contribution in [1.82, 2.24) is 14.1 Å². The smallest absolute Gasteiger partial charge is 0.246 e. The Balaban J connectivity index is 2.39. The summed E-state index contributed by atoms with van der Waals surface area (Å²) >= 11 is 0. The van der Waals surface area contributed by atoms with Gasteiger partial charge in [-0.25, -0.2) is 8.42 Å². The maximum absolute atomic E-state index is 12.9. The Hall–Kier alpha value is -2.06. The number of rotatable bonds is 6. The lowest BCUT2D eigenvalue weighted by Gasteiger charge is -2.19. The highest BCUT2D eigenvalue weighted by Gasteiger charge is 2.27. The number of hydrogen-bond acceptors (Lipinski definition) is 5. The van der Waals surface area contributed by atoms with Gasteiger partial charge in [-0.05, 0) is 26.0 Å². The molecule has 0 bridgehead atoms. The van der Waals surface area contributed by atoms with Crippen molar-refractivity contribution in [2.45, 2.75) is 25.3 Å². The number of sulfonamides is 1. The quantitative estimate of drug-likeness (QED) is 0.793. The molecule has 0 unspecified atom stereocenters. The van der Waals surface area contributed by atoms with Gasteiger partial charge in [0.15, 0.2) is 0 Å². The minimum absolute atomic E-state index is 0.104. The van der Waals surface area contributed by atoms with E-state index in [1.807, 2.05) is 20.9 Å². The maximum Gasteiger partial charge on any atom is 0.246 e. The Bertz CT molecular complexity index is 843. The molecule has 8 heteroatoms. The summed E-state index contributed by atoms with van der Waals surface area (Å²) in [6.07, 6.45) is 0. The molecule has 0 aliphatic carbocycles. The standard InChI is InChI=1S/C16H23N3O4S/c1-11-14(12(2)19(4)17-11)10-18(3)24(20,21)16-8-7-13(22-5)9-15(16)23-6/h7-9H,10H2,1-6H3. The molecule has 7 nitrogen and oxygen atoms in total. The summed E-state index contributed by atoms with van der Waals surface area (Å²) in [5, 5.41) is 4.33. The van der Waals surface area contributed by atoms with Gasteiger partial charge in [-0.15, -0.1) is 0 Å². The van der Waals surface area contributed by atoms with Crippen LogP contribution in [0.4, 0.5) is 0 Å². The Morgan fingerprint density at radius 3 is 2.38 bits per heavy atom. The van der Waals surface area contributed by atoms with E-state index in [-0.39, 0.29) is 17.2 Å². The van der Waals surface area contributed by atoms with Crippen molar-refractivity contribution in [2.24, 2.45) is 7.05 Å². The Labute approximate surface area is 142 Å². The van der Waals surface area contributed by atoms with Crippen LogP contribution in [0.5, 0.6) is 11.5 Å². The molecule has 1 aromatic heterocycles. The van der Waals surface area contributed by atoms with E-state index in [1.54, 1.807) is 23.9 Å². The second-order valence-corrected chi connectivity index (χ2v) is 7.56. The second-order valence-electron chi connectivity index (χ2n) is 5.55. The first-order valence-electron chi connectivity index (χ1n) is 7.39. The molecule has 1 aromatic carbocycles. The number of ether oxygens (including phenoxy) is 2. The Morgan fingerprint density at radius 2 is 1.88 bits per heavy atom. The number of benzene rings is 1. The van der Waals surface area contributed by atoms with E-state index in [0.29, 0.717) is 5.75 Å². The zero-order valence-electron chi connectivity index (χ0n) is 14.8. The molecular formula is C16H23N3O4S. The summed E-state index contributed by atoms with van der Waals surface area (Å²) in [6, 6.07) is 4.65. The molecular weight excluding hydrogens is 330 g/mol. The minimum atomic E-state index is -3.71. The molecule has 0 saturated carbocycles. The molecule has 0 fully saturated rings. The number of aromatic nitrogens is 2. The van der Waals surface area contributed by atoms with E-state index in [2.05, 4.69) is 5.10 Å². The van der Waals surface area contributed by atoms with Gasteiger partial charge in [0.05, 0.1) is 19.9 Å². The van der Waals surface area contributed by atoms with Gasteiger partial charge in [0.1, 0.15) is 16.4 Å². The van der Waals surface area contributed by atoms with Crippen molar-refractivity contribution in [3.63, 3.8) is 0 Å². The molecule has 0 spiro atoms. The lowest BCUT2D eigenvalue weighted by molar-refractivity contribution is 0.383. The maximum atomic E-state index is 12.9. The van der Waals surface area contributed by atoms with E-state index in [9.17, 15) is 8.42 Å². The fraction of sp³-hybridized carbons (Fsp3) is 0.438. The minimum Gasteiger partial charge on any atom is -0.497 e. The third kappa shape index (κ3) is 3.25. The van der Waals surface area contributed by atoms with Crippen LogP contribution in [0.3, 0.4) is 0 Å². The molecule has 24 heavy (non-hydrogen) atoms. The van der Waals surface area contributed by atoms with Crippen LogP contribution in [0.1, 0.15) is 17.0 Å². The molecule has 132 valence electrons. The zero-order chi connectivity index (χ0) is 18.1. The van der Waals surface area contributed by atoms with Crippen LogP contribution in [0.15, 0.2) is 23.1 Å². The highest BCUT2D eigenvalue weighted by molar-refractivity contribution is 7.89. The van der Waals surface area contributed by atoms with Gasteiger partial charge in [0.25, 0.3) is 0 Å². The lowest BCUT2D eigenvalue weighted by Crippen LogP contribution is -2.27. The normalized spacial score (nSPS) is 11.8. The van der Waals surface area contributed by atoms with E-state index >= 15 is 0 Å². The van der Waals surface area contributed by atoms with E-state index in [4.69, 9.17) is 9.47 Å². The first-order valence-corrected chi connectivity index (χ1v) is 8.83. The van der Waals surface area contributed by atoms with Gasteiger partial charge >= 0.3 is 0 Å². The molecule has 0 saturated heterocycles. The fourth-order valence-corrected chi connectivity index (χ4v) is 3.78. The third-order valence-corrected chi connectivity index (χ3v) is 5.94. The number of hydrogen-bond donors (Lipinski definition) is 0. The summed E-state index contributed by atoms with van der Waals surface area (Å²) in [4.78, 5) is 0.104. The molecule has 0 radical (unpaired) electrons. The summed E-state index contributed by atoms with van der Waals surface area (Å²) in [5.41, 5.74) is 2.66. The van der Waals surface area contributed by atoms with Crippen molar-refractivity contribution >= 4 is 10.0 Å². The van der Waals surface area contributed by atoms with Crippen molar-refractivity contribution < 1.29 is 17.9 Å². The van der Waals surface area contributed by atoms with Crippen LogP contribution in [-0.2, 0) is 23.6 Å². The second kappa shape index (κ2) is 6.82. The lowest BCUT2D eigenvalue weighted by atomic mass is 10.2. The molecule has 1 heterocycles. The van der Waals surface area contributed by atoms with Gasteiger partial charge in [0, 0.05) is 38.0 Å². The SMILES string of the molecule is COc1ccc(S(=O)(=O)N(C)Cc2c(C)nn(C)c2C)c(OC)c1. The third-order valence-electron chi connectivity index (χ3n) is 4.10. The number of nitrogens with zero attached hydrogens (tertiary/aromatic N) is 3. The van der Waals surface area contributed by atoms with E-state index in [0.717, 1.165) is 17.0 Å².